The van der Waals surface area contributed by atoms with Crippen LogP contribution in [0.15, 0.2) is 42.6 Å². The lowest BCUT2D eigenvalue weighted by molar-refractivity contribution is -0.119. The van der Waals surface area contributed by atoms with Crippen molar-refractivity contribution in [2.75, 3.05) is 5.32 Å². The number of anilines is 1. The van der Waals surface area contributed by atoms with Gasteiger partial charge in [0.15, 0.2) is 0 Å². The van der Waals surface area contributed by atoms with E-state index in [2.05, 4.69) is 17.2 Å². The highest BCUT2D eigenvalue weighted by Gasteiger charge is 2.61. The molecule has 0 bridgehead atoms. The zero-order valence-corrected chi connectivity index (χ0v) is 13.3. The molecule has 0 spiro atoms. The van der Waals surface area contributed by atoms with Crippen molar-refractivity contribution in [3.05, 3.63) is 48.2 Å². The van der Waals surface area contributed by atoms with Crippen molar-refractivity contribution in [1.82, 2.24) is 4.98 Å². The molecule has 4 rings (SSSR count). The highest BCUT2D eigenvalue weighted by Crippen LogP contribution is 2.51. The summed E-state index contributed by atoms with van der Waals surface area (Å²) in [7, 11) is 0. The molecule has 1 aromatic heterocycles. The maximum atomic E-state index is 13.0. The Morgan fingerprint density at radius 1 is 1.29 bits per heavy atom. The molecule has 1 N–H and O–H groups in total. The van der Waals surface area contributed by atoms with Gasteiger partial charge in [-0.15, -0.1) is 0 Å². The van der Waals surface area contributed by atoms with E-state index in [1.807, 2.05) is 30.3 Å². The van der Waals surface area contributed by atoms with E-state index in [1.54, 1.807) is 12.3 Å². The second kappa shape index (κ2) is 5.36. The van der Waals surface area contributed by atoms with E-state index in [0.717, 1.165) is 17.7 Å². The third-order valence-electron chi connectivity index (χ3n) is 4.91. The van der Waals surface area contributed by atoms with E-state index in [0.29, 0.717) is 17.5 Å². The topological polar surface area (TPSA) is 42.0 Å². The summed E-state index contributed by atoms with van der Waals surface area (Å²) in [5, 5.41) is 2.62. The SMILES string of the molecule is C[C@H]1C[C@@H]1c1ccc(NC(=O)[C@H]2CC2(F)F)cc1-c1ccccn1. The normalized spacial score (nSPS) is 26.7. The Kier molecular flexibility index (Phi) is 3.41. The lowest BCUT2D eigenvalue weighted by Gasteiger charge is -2.12. The summed E-state index contributed by atoms with van der Waals surface area (Å²) in [5.74, 6) is -3.52. The molecule has 0 unspecified atom stereocenters. The van der Waals surface area contributed by atoms with Crippen molar-refractivity contribution in [3.63, 3.8) is 0 Å². The highest BCUT2D eigenvalue weighted by atomic mass is 19.3. The van der Waals surface area contributed by atoms with Gasteiger partial charge in [-0.3, -0.25) is 9.78 Å². The second-order valence-electron chi connectivity index (χ2n) is 6.84. The lowest BCUT2D eigenvalue weighted by atomic mass is 9.98. The lowest BCUT2D eigenvalue weighted by Crippen LogP contribution is -2.17. The van der Waals surface area contributed by atoms with Crippen molar-refractivity contribution in [2.45, 2.75) is 31.6 Å². The first-order valence-corrected chi connectivity index (χ1v) is 8.20. The van der Waals surface area contributed by atoms with Crippen molar-refractivity contribution in [2.24, 2.45) is 11.8 Å². The van der Waals surface area contributed by atoms with E-state index >= 15 is 0 Å². The van der Waals surface area contributed by atoms with Gasteiger partial charge in [0.2, 0.25) is 5.91 Å². The van der Waals surface area contributed by atoms with Gasteiger partial charge in [-0.05, 0) is 48.1 Å². The number of carbonyl (C=O) groups is 1. The van der Waals surface area contributed by atoms with Gasteiger partial charge in [0, 0.05) is 23.9 Å². The molecule has 24 heavy (non-hydrogen) atoms. The number of rotatable bonds is 4. The number of nitrogens with one attached hydrogen (secondary N) is 1. The third kappa shape index (κ3) is 2.79. The predicted molar refractivity (Wildman–Crippen MR) is 87.9 cm³/mol. The molecule has 0 radical (unpaired) electrons. The molecule has 5 heteroatoms. The Balaban J connectivity index is 1.64. The summed E-state index contributed by atoms with van der Waals surface area (Å²) >= 11 is 0. The smallest absolute Gasteiger partial charge is 0.260 e. The fourth-order valence-electron chi connectivity index (χ4n) is 3.18. The minimum absolute atomic E-state index is 0.358. The Morgan fingerprint density at radius 3 is 2.62 bits per heavy atom. The zero-order valence-electron chi connectivity index (χ0n) is 13.3. The Bertz CT molecular complexity index is 791. The van der Waals surface area contributed by atoms with Gasteiger partial charge < -0.3 is 5.32 Å². The standard InChI is InChI=1S/C19H18F2N2O/c1-11-8-14(11)13-6-5-12(23-18(24)16-10-19(16,20)21)9-15(13)17-4-2-3-7-22-17/h2-7,9,11,14,16H,8,10H2,1H3,(H,23,24)/t11-,14-,16+/m0/s1. The Hall–Kier alpha value is -2.30. The first-order valence-electron chi connectivity index (χ1n) is 8.20. The van der Waals surface area contributed by atoms with Gasteiger partial charge in [-0.25, -0.2) is 8.78 Å². The van der Waals surface area contributed by atoms with Crippen LogP contribution in [0.5, 0.6) is 0 Å². The number of alkyl halides is 2. The monoisotopic (exact) mass is 328 g/mol. The maximum Gasteiger partial charge on any atom is 0.260 e. The van der Waals surface area contributed by atoms with Gasteiger partial charge in [0.05, 0.1) is 5.69 Å². The number of amides is 1. The number of halogens is 2. The van der Waals surface area contributed by atoms with Gasteiger partial charge >= 0.3 is 0 Å². The van der Waals surface area contributed by atoms with Crippen LogP contribution in [-0.2, 0) is 4.79 Å². The number of hydrogen-bond acceptors (Lipinski definition) is 2. The highest BCUT2D eigenvalue weighted by molar-refractivity contribution is 5.96. The van der Waals surface area contributed by atoms with Crippen LogP contribution in [0.3, 0.4) is 0 Å². The van der Waals surface area contributed by atoms with E-state index in [4.69, 9.17) is 0 Å². The number of hydrogen-bond donors (Lipinski definition) is 1. The molecule has 3 nitrogen and oxygen atoms in total. The fourth-order valence-corrected chi connectivity index (χ4v) is 3.18. The van der Waals surface area contributed by atoms with Crippen LogP contribution in [-0.4, -0.2) is 16.8 Å². The molecule has 1 heterocycles. The predicted octanol–water partition coefficient (Wildman–Crippen LogP) is 4.47. The number of nitrogens with zero attached hydrogens (tertiary/aromatic N) is 1. The summed E-state index contributed by atoms with van der Waals surface area (Å²) in [6.45, 7) is 2.21. The molecule has 1 aromatic carbocycles. The Labute approximate surface area is 139 Å². The summed E-state index contributed by atoms with van der Waals surface area (Å²) in [5.41, 5.74) is 3.54. The minimum Gasteiger partial charge on any atom is -0.326 e. The van der Waals surface area contributed by atoms with Crippen LogP contribution < -0.4 is 5.32 Å². The molecule has 0 saturated heterocycles. The van der Waals surface area contributed by atoms with E-state index < -0.39 is 17.7 Å². The quantitative estimate of drug-likeness (QED) is 0.900. The fraction of sp³-hybridized carbons (Fsp3) is 0.368. The Morgan fingerprint density at radius 2 is 2.04 bits per heavy atom. The summed E-state index contributed by atoms with van der Waals surface area (Å²) in [6.07, 6.45) is 2.51. The molecular weight excluding hydrogens is 310 g/mol. The molecule has 2 saturated carbocycles. The second-order valence-corrected chi connectivity index (χ2v) is 6.84. The van der Waals surface area contributed by atoms with Crippen LogP contribution in [0.2, 0.25) is 0 Å². The first kappa shape index (κ1) is 15.2. The van der Waals surface area contributed by atoms with E-state index in [1.165, 1.54) is 5.56 Å². The molecule has 3 atom stereocenters. The molecule has 2 aliphatic carbocycles. The molecule has 1 amide bonds. The number of carbonyl (C=O) groups excluding carboxylic acids is 1. The van der Waals surface area contributed by atoms with Gasteiger partial charge in [-0.1, -0.05) is 19.1 Å². The van der Waals surface area contributed by atoms with Crippen LogP contribution in [0.1, 0.15) is 31.2 Å². The maximum absolute atomic E-state index is 13.0. The number of benzene rings is 1. The third-order valence-corrected chi connectivity index (χ3v) is 4.91. The molecule has 2 aromatic rings. The molecule has 2 aliphatic rings. The average Bonchev–Trinajstić information content (AvgIpc) is 3.45. The van der Waals surface area contributed by atoms with Gasteiger partial charge in [-0.2, -0.15) is 0 Å². The van der Waals surface area contributed by atoms with Crippen LogP contribution >= 0.6 is 0 Å². The molecular formula is C19H18F2N2O. The van der Waals surface area contributed by atoms with Crippen molar-refractivity contribution in [3.8, 4) is 11.3 Å². The van der Waals surface area contributed by atoms with E-state index in [-0.39, 0.29) is 6.42 Å². The minimum atomic E-state index is -2.85. The van der Waals surface area contributed by atoms with Crippen molar-refractivity contribution < 1.29 is 13.6 Å². The largest absolute Gasteiger partial charge is 0.326 e. The van der Waals surface area contributed by atoms with E-state index in [9.17, 15) is 13.6 Å². The van der Waals surface area contributed by atoms with Crippen LogP contribution in [0.25, 0.3) is 11.3 Å². The summed E-state index contributed by atoms with van der Waals surface area (Å²) < 4.78 is 26.1. The summed E-state index contributed by atoms with van der Waals surface area (Å²) in [4.78, 5) is 16.3. The zero-order chi connectivity index (χ0) is 16.9. The van der Waals surface area contributed by atoms with Crippen molar-refractivity contribution in [1.29, 1.82) is 0 Å². The van der Waals surface area contributed by atoms with Crippen molar-refractivity contribution >= 4 is 11.6 Å². The molecule has 0 aliphatic heterocycles. The molecule has 2 fully saturated rings. The van der Waals surface area contributed by atoms with Gasteiger partial charge in [0.1, 0.15) is 5.92 Å². The van der Waals surface area contributed by atoms with Crippen LogP contribution in [0, 0.1) is 11.8 Å². The van der Waals surface area contributed by atoms with Gasteiger partial charge in [0.25, 0.3) is 5.92 Å². The molecule has 124 valence electrons. The summed E-state index contributed by atoms with van der Waals surface area (Å²) in [6, 6.07) is 11.3. The first-order chi connectivity index (χ1) is 11.5. The van der Waals surface area contributed by atoms with Crippen LogP contribution in [0.4, 0.5) is 14.5 Å². The number of pyridine rings is 1. The number of aromatic nitrogens is 1. The average molecular weight is 328 g/mol.